The highest BCUT2D eigenvalue weighted by molar-refractivity contribution is 6.39. The molecule has 21 heavy (non-hydrogen) atoms. The summed E-state index contributed by atoms with van der Waals surface area (Å²) in [6.45, 7) is -0.0289. The number of nitrogens with zero attached hydrogens (tertiary/aromatic N) is 1. The minimum Gasteiger partial charge on any atom is -0.385 e. The van der Waals surface area contributed by atoms with Gasteiger partial charge in [-0.25, -0.2) is 0 Å². The number of carbonyl (C=O) groups excluding carboxylic acids is 2. The molecule has 1 aromatic carbocycles. The Hall–Kier alpha value is -2.60. The molecule has 6 nitrogen and oxygen atoms in total. The summed E-state index contributed by atoms with van der Waals surface area (Å²) >= 11 is 0. The van der Waals surface area contributed by atoms with Gasteiger partial charge in [0.25, 0.3) is 0 Å². The molecule has 0 saturated heterocycles. The number of para-hydroxylation sites is 1. The predicted molar refractivity (Wildman–Crippen MR) is 78.5 cm³/mol. The molecule has 2 rings (SSSR count). The second kappa shape index (κ2) is 6.71. The standard InChI is InChI=1S/C15H17N3O3/c1-18-9-5-8-12(18)13(19)10-16-14(20)15(21)17-11-6-3-2-4-7-11/h2-9,13,19H,10H2,1H3,(H,16,20)(H,17,21)/t13-/m1/s1. The van der Waals surface area contributed by atoms with Crippen molar-refractivity contribution in [2.75, 3.05) is 11.9 Å². The van der Waals surface area contributed by atoms with Crippen LogP contribution in [0.3, 0.4) is 0 Å². The fourth-order valence-electron chi connectivity index (χ4n) is 1.90. The molecule has 2 aromatic rings. The molecule has 0 aliphatic carbocycles. The Morgan fingerprint density at radius 1 is 1.14 bits per heavy atom. The van der Waals surface area contributed by atoms with E-state index in [0.29, 0.717) is 11.4 Å². The van der Waals surface area contributed by atoms with Crippen molar-refractivity contribution in [3.8, 4) is 0 Å². The molecule has 1 aromatic heterocycles. The maximum absolute atomic E-state index is 11.7. The van der Waals surface area contributed by atoms with Crippen molar-refractivity contribution < 1.29 is 14.7 Å². The highest BCUT2D eigenvalue weighted by Crippen LogP contribution is 2.11. The lowest BCUT2D eigenvalue weighted by molar-refractivity contribution is -0.136. The fraction of sp³-hybridized carbons (Fsp3) is 0.200. The van der Waals surface area contributed by atoms with E-state index in [1.165, 1.54) is 0 Å². The van der Waals surface area contributed by atoms with Gasteiger partial charge in [0.15, 0.2) is 0 Å². The summed E-state index contributed by atoms with van der Waals surface area (Å²) in [6.07, 6.45) is 0.932. The third kappa shape index (κ3) is 3.93. The van der Waals surface area contributed by atoms with Crippen molar-refractivity contribution in [3.05, 3.63) is 54.4 Å². The van der Waals surface area contributed by atoms with Crippen LogP contribution in [-0.4, -0.2) is 28.0 Å². The number of anilines is 1. The summed E-state index contributed by atoms with van der Waals surface area (Å²) in [6, 6.07) is 12.2. The third-order valence-electron chi connectivity index (χ3n) is 3.02. The number of aromatic nitrogens is 1. The molecule has 2 amide bonds. The van der Waals surface area contributed by atoms with Crippen LogP contribution in [-0.2, 0) is 16.6 Å². The van der Waals surface area contributed by atoms with Crippen LogP contribution in [0.4, 0.5) is 5.69 Å². The first-order valence-electron chi connectivity index (χ1n) is 6.51. The van der Waals surface area contributed by atoms with Crippen molar-refractivity contribution in [1.82, 2.24) is 9.88 Å². The van der Waals surface area contributed by atoms with Gasteiger partial charge < -0.3 is 20.3 Å². The van der Waals surface area contributed by atoms with E-state index >= 15 is 0 Å². The smallest absolute Gasteiger partial charge is 0.313 e. The van der Waals surface area contributed by atoms with Gasteiger partial charge in [-0.3, -0.25) is 9.59 Å². The molecular weight excluding hydrogens is 270 g/mol. The van der Waals surface area contributed by atoms with Gasteiger partial charge in [0.05, 0.1) is 0 Å². The van der Waals surface area contributed by atoms with Crippen molar-refractivity contribution in [2.24, 2.45) is 7.05 Å². The van der Waals surface area contributed by atoms with Gasteiger partial charge in [-0.15, -0.1) is 0 Å². The van der Waals surface area contributed by atoms with Crippen LogP contribution in [0.1, 0.15) is 11.8 Å². The first-order chi connectivity index (χ1) is 10.1. The highest BCUT2D eigenvalue weighted by Gasteiger charge is 2.16. The normalized spacial score (nSPS) is 11.7. The number of carbonyl (C=O) groups is 2. The molecule has 3 N–H and O–H groups in total. The first-order valence-corrected chi connectivity index (χ1v) is 6.51. The van der Waals surface area contributed by atoms with Gasteiger partial charge in [-0.2, -0.15) is 0 Å². The Morgan fingerprint density at radius 2 is 1.86 bits per heavy atom. The van der Waals surface area contributed by atoms with Gasteiger partial charge >= 0.3 is 11.8 Å². The zero-order chi connectivity index (χ0) is 15.2. The molecule has 0 radical (unpaired) electrons. The minimum absolute atomic E-state index is 0.0289. The summed E-state index contributed by atoms with van der Waals surface area (Å²) in [5, 5.41) is 14.8. The lowest BCUT2D eigenvalue weighted by Crippen LogP contribution is -2.37. The molecule has 0 fully saturated rings. The van der Waals surface area contributed by atoms with Gasteiger partial charge in [0, 0.05) is 31.2 Å². The number of aliphatic hydroxyl groups is 1. The lowest BCUT2D eigenvalue weighted by Gasteiger charge is -2.13. The highest BCUT2D eigenvalue weighted by atomic mass is 16.3. The molecule has 0 aliphatic heterocycles. The largest absolute Gasteiger partial charge is 0.385 e. The quantitative estimate of drug-likeness (QED) is 0.728. The molecular formula is C15H17N3O3. The number of nitrogens with one attached hydrogen (secondary N) is 2. The van der Waals surface area contributed by atoms with Crippen molar-refractivity contribution >= 4 is 17.5 Å². The number of amides is 2. The average Bonchev–Trinajstić information content (AvgIpc) is 2.91. The molecule has 0 aliphatic rings. The number of hydrogen-bond donors (Lipinski definition) is 3. The molecule has 0 unspecified atom stereocenters. The number of aliphatic hydroxyl groups excluding tert-OH is 1. The van der Waals surface area contributed by atoms with Crippen molar-refractivity contribution in [1.29, 1.82) is 0 Å². The van der Waals surface area contributed by atoms with E-state index in [2.05, 4.69) is 10.6 Å². The maximum Gasteiger partial charge on any atom is 0.313 e. The molecule has 1 heterocycles. The Bertz CT molecular complexity index is 622. The Kier molecular flexibility index (Phi) is 4.73. The molecule has 1 atom stereocenters. The molecule has 0 spiro atoms. The molecule has 0 bridgehead atoms. The van der Waals surface area contributed by atoms with E-state index in [9.17, 15) is 14.7 Å². The first kappa shape index (κ1) is 14.8. The fourth-order valence-corrected chi connectivity index (χ4v) is 1.90. The number of benzene rings is 1. The van der Waals surface area contributed by atoms with Crippen molar-refractivity contribution in [2.45, 2.75) is 6.10 Å². The third-order valence-corrected chi connectivity index (χ3v) is 3.02. The summed E-state index contributed by atoms with van der Waals surface area (Å²) in [7, 11) is 1.79. The topological polar surface area (TPSA) is 83.4 Å². The number of aryl methyl sites for hydroxylation is 1. The Balaban J connectivity index is 1.84. The predicted octanol–water partition coefficient (Wildman–Crippen LogP) is 0.813. The number of rotatable bonds is 4. The lowest BCUT2D eigenvalue weighted by atomic mass is 10.2. The van der Waals surface area contributed by atoms with Crippen LogP contribution >= 0.6 is 0 Å². The van der Waals surface area contributed by atoms with Crippen LogP contribution in [0.15, 0.2) is 48.7 Å². The van der Waals surface area contributed by atoms with Gasteiger partial charge in [0.2, 0.25) is 0 Å². The van der Waals surface area contributed by atoms with E-state index in [0.717, 1.165) is 0 Å². The molecule has 0 saturated carbocycles. The summed E-state index contributed by atoms with van der Waals surface area (Å²) < 4.78 is 1.75. The monoisotopic (exact) mass is 287 g/mol. The zero-order valence-corrected chi connectivity index (χ0v) is 11.6. The number of hydrogen-bond acceptors (Lipinski definition) is 3. The van der Waals surface area contributed by atoms with Crippen LogP contribution in [0.5, 0.6) is 0 Å². The van der Waals surface area contributed by atoms with Gasteiger partial charge in [0.1, 0.15) is 6.10 Å². The van der Waals surface area contributed by atoms with E-state index < -0.39 is 17.9 Å². The van der Waals surface area contributed by atoms with E-state index in [1.54, 1.807) is 54.2 Å². The summed E-state index contributed by atoms with van der Waals surface area (Å²) in [5.74, 6) is -1.55. The SMILES string of the molecule is Cn1cccc1[C@H](O)CNC(=O)C(=O)Nc1ccccc1. The van der Waals surface area contributed by atoms with Crippen LogP contribution in [0.2, 0.25) is 0 Å². The average molecular weight is 287 g/mol. The van der Waals surface area contributed by atoms with Gasteiger partial charge in [-0.05, 0) is 24.3 Å². The second-order valence-corrected chi connectivity index (χ2v) is 4.59. The van der Waals surface area contributed by atoms with E-state index in [1.807, 2.05) is 6.07 Å². The van der Waals surface area contributed by atoms with Crippen LogP contribution in [0, 0.1) is 0 Å². The minimum atomic E-state index is -0.863. The van der Waals surface area contributed by atoms with E-state index in [4.69, 9.17) is 0 Å². The van der Waals surface area contributed by atoms with Crippen LogP contribution < -0.4 is 10.6 Å². The Labute approximate surface area is 122 Å². The zero-order valence-electron chi connectivity index (χ0n) is 11.6. The van der Waals surface area contributed by atoms with Crippen LogP contribution in [0.25, 0.3) is 0 Å². The van der Waals surface area contributed by atoms with Crippen molar-refractivity contribution in [3.63, 3.8) is 0 Å². The molecule has 110 valence electrons. The maximum atomic E-state index is 11.7. The van der Waals surface area contributed by atoms with E-state index in [-0.39, 0.29) is 6.54 Å². The molecule has 6 heteroatoms. The Morgan fingerprint density at radius 3 is 2.48 bits per heavy atom. The summed E-state index contributed by atoms with van der Waals surface area (Å²) in [4.78, 5) is 23.3. The second-order valence-electron chi connectivity index (χ2n) is 4.59. The summed E-state index contributed by atoms with van der Waals surface area (Å²) in [5.41, 5.74) is 1.21. The van der Waals surface area contributed by atoms with Gasteiger partial charge in [-0.1, -0.05) is 18.2 Å².